The van der Waals surface area contributed by atoms with Crippen LogP contribution in [0.1, 0.15) is 27.6 Å². The summed E-state index contributed by atoms with van der Waals surface area (Å²) in [6.07, 6.45) is 0. The van der Waals surface area contributed by atoms with E-state index in [1.165, 1.54) is 31.4 Å². The van der Waals surface area contributed by atoms with Gasteiger partial charge in [-0.05, 0) is 49.4 Å². The van der Waals surface area contributed by atoms with Crippen molar-refractivity contribution in [2.45, 2.75) is 6.92 Å². The van der Waals surface area contributed by atoms with Gasteiger partial charge in [0.2, 0.25) is 0 Å². The van der Waals surface area contributed by atoms with E-state index in [1.54, 1.807) is 19.1 Å². The Labute approximate surface area is 133 Å². The Morgan fingerprint density at radius 1 is 1.13 bits per heavy atom. The largest absolute Gasteiger partial charge is 0.496 e. The zero-order valence-electron chi connectivity index (χ0n) is 12.8. The minimum absolute atomic E-state index is 0.0852. The van der Waals surface area contributed by atoms with Crippen LogP contribution in [0.5, 0.6) is 5.75 Å². The first-order valence-corrected chi connectivity index (χ1v) is 6.97. The van der Waals surface area contributed by atoms with Crippen molar-refractivity contribution in [3.05, 3.63) is 59.4 Å². The summed E-state index contributed by atoms with van der Waals surface area (Å²) in [4.78, 5) is 23.8. The van der Waals surface area contributed by atoms with Gasteiger partial charge in [-0.25, -0.2) is 9.18 Å². The third-order valence-corrected chi connectivity index (χ3v) is 3.06. The summed E-state index contributed by atoms with van der Waals surface area (Å²) in [7, 11) is 1.40. The second-order valence-corrected chi connectivity index (χ2v) is 4.60. The number of methoxy groups -OCH3 is 1. The number of halogens is 1. The van der Waals surface area contributed by atoms with Crippen LogP contribution in [0.15, 0.2) is 42.5 Å². The van der Waals surface area contributed by atoms with E-state index >= 15 is 0 Å². The summed E-state index contributed by atoms with van der Waals surface area (Å²) >= 11 is 0. The minimum atomic E-state index is -0.534. The minimum Gasteiger partial charge on any atom is -0.496 e. The van der Waals surface area contributed by atoms with Crippen LogP contribution in [-0.4, -0.2) is 25.6 Å². The fourth-order valence-corrected chi connectivity index (χ4v) is 1.96. The molecule has 0 heterocycles. The molecule has 2 rings (SSSR count). The van der Waals surface area contributed by atoms with E-state index < -0.39 is 17.7 Å². The maximum Gasteiger partial charge on any atom is 0.338 e. The van der Waals surface area contributed by atoms with Gasteiger partial charge in [0.15, 0.2) is 0 Å². The van der Waals surface area contributed by atoms with Crippen LogP contribution >= 0.6 is 0 Å². The maximum atomic E-state index is 13.3. The quantitative estimate of drug-likeness (QED) is 0.860. The Morgan fingerprint density at radius 2 is 1.83 bits per heavy atom. The molecule has 0 aromatic heterocycles. The highest BCUT2D eigenvalue weighted by atomic mass is 19.1. The summed E-state index contributed by atoms with van der Waals surface area (Å²) in [5.74, 6) is -1.21. The second-order valence-electron chi connectivity index (χ2n) is 4.60. The fourth-order valence-electron chi connectivity index (χ4n) is 1.96. The topological polar surface area (TPSA) is 64.6 Å². The highest BCUT2D eigenvalue weighted by Gasteiger charge is 2.14. The van der Waals surface area contributed by atoms with E-state index in [1.807, 2.05) is 0 Å². The molecular weight excluding hydrogens is 301 g/mol. The number of carbonyl (C=O) groups excluding carboxylic acids is 2. The lowest BCUT2D eigenvalue weighted by Gasteiger charge is -2.10. The number of hydrogen-bond acceptors (Lipinski definition) is 4. The van der Waals surface area contributed by atoms with Crippen LogP contribution < -0.4 is 10.1 Å². The lowest BCUT2D eigenvalue weighted by atomic mass is 10.1. The molecule has 0 saturated carbocycles. The monoisotopic (exact) mass is 317 g/mol. The Hall–Kier alpha value is -2.89. The molecule has 0 radical (unpaired) electrons. The molecule has 0 fully saturated rings. The summed E-state index contributed by atoms with van der Waals surface area (Å²) in [5.41, 5.74) is 0.935. The van der Waals surface area contributed by atoms with Crippen molar-refractivity contribution >= 4 is 17.6 Å². The zero-order valence-corrected chi connectivity index (χ0v) is 12.8. The Balaban J connectivity index is 2.14. The first-order chi connectivity index (χ1) is 11.0. The van der Waals surface area contributed by atoms with Gasteiger partial charge in [-0.15, -0.1) is 0 Å². The average Bonchev–Trinajstić information content (AvgIpc) is 2.55. The molecule has 5 nitrogen and oxygen atoms in total. The van der Waals surface area contributed by atoms with Crippen LogP contribution in [0.3, 0.4) is 0 Å². The van der Waals surface area contributed by atoms with Crippen molar-refractivity contribution < 1.29 is 23.5 Å². The van der Waals surface area contributed by atoms with Crippen molar-refractivity contribution in [2.24, 2.45) is 0 Å². The third kappa shape index (κ3) is 4.06. The molecule has 0 saturated heterocycles. The average molecular weight is 317 g/mol. The molecule has 0 atom stereocenters. The molecule has 1 amide bonds. The molecule has 120 valence electrons. The van der Waals surface area contributed by atoms with E-state index in [-0.39, 0.29) is 17.9 Å². The number of benzene rings is 2. The fraction of sp³-hybridized carbons (Fsp3) is 0.176. The molecule has 1 N–H and O–H groups in total. The lowest BCUT2D eigenvalue weighted by molar-refractivity contribution is 0.0526. The van der Waals surface area contributed by atoms with E-state index in [4.69, 9.17) is 9.47 Å². The predicted octanol–water partition coefficient (Wildman–Crippen LogP) is 3.26. The molecule has 0 aliphatic heterocycles. The van der Waals surface area contributed by atoms with Crippen molar-refractivity contribution in [1.82, 2.24) is 0 Å². The number of esters is 1. The highest BCUT2D eigenvalue weighted by Crippen LogP contribution is 2.21. The van der Waals surface area contributed by atoms with E-state index in [0.29, 0.717) is 11.3 Å². The summed E-state index contributed by atoms with van der Waals surface area (Å²) in [6, 6.07) is 9.90. The standard InChI is InChI=1S/C17H16FNO4/c1-3-23-17(21)11-4-7-13(8-5-11)19-16(20)14-10-12(18)6-9-15(14)22-2/h4-10H,3H2,1-2H3,(H,19,20). The normalized spacial score (nSPS) is 10.0. The smallest absolute Gasteiger partial charge is 0.338 e. The molecule has 0 bridgehead atoms. The molecule has 6 heteroatoms. The van der Waals surface area contributed by atoms with Crippen LogP contribution in [-0.2, 0) is 4.74 Å². The molecular formula is C17H16FNO4. The number of ether oxygens (including phenoxy) is 2. The van der Waals surface area contributed by atoms with Crippen molar-refractivity contribution in [2.75, 3.05) is 19.0 Å². The third-order valence-electron chi connectivity index (χ3n) is 3.06. The van der Waals surface area contributed by atoms with Crippen LogP contribution in [0, 0.1) is 5.82 Å². The zero-order chi connectivity index (χ0) is 16.8. The van der Waals surface area contributed by atoms with Crippen molar-refractivity contribution in [3.63, 3.8) is 0 Å². The summed E-state index contributed by atoms with van der Waals surface area (Å²) in [5, 5.41) is 2.62. The van der Waals surface area contributed by atoms with Crippen LogP contribution in [0.4, 0.5) is 10.1 Å². The van der Waals surface area contributed by atoms with Crippen molar-refractivity contribution in [3.8, 4) is 5.75 Å². The number of carbonyl (C=O) groups is 2. The molecule has 0 spiro atoms. The van der Waals surface area contributed by atoms with Crippen LogP contribution in [0.2, 0.25) is 0 Å². The van der Waals surface area contributed by atoms with Gasteiger partial charge in [-0.3, -0.25) is 4.79 Å². The van der Waals surface area contributed by atoms with Gasteiger partial charge in [0.05, 0.1) is 24.8 Å². The van der Waals surface area contributed by atoms with Crippen molar-refractivity contribution in [1.29, 1.82) is 0 Å². The first kappa shape index (κ1) is 16.5. The molecule has 0 aliphatic carbocycles. The highest BCUT2D eigenvalue weighted by molar-refractivity contribution is 6.06. The second kappa shape index (κ2) is 7.40. The summed E-state index contributed by atoms with van der Waals surface area (Å²) in [6.45, 7) is 2.01. The Bertz CT molecular complexity index is 713. The number of rotatable bonds is 5. The first-order valence-electron chi connectivity index (χ1n) is 6.97. The number of amides is 1. The van der Waals surface area contributed by atoms with Crippen LogP contribution in [0.25, 0.3) is 0 Å². The predicted molar refractivity (Wildman–Crippen MR) is 83.3 cm³/mol. The number of anilines is 1. The number of nitrogens with one attached hydrogen (secondary N) is 1. The number of hydrogen-bond donors (Lipinski definition) is 1. The molecule has 23 heavy (non-hydrogen) atoms. The van der Waals surface area contributed by atoms with Gasteiger partial charge >= 0.3 is 5.97 Å². The SMILES string of the molecule is CCOC(=O)c1ccc(NC(=O)c2cc(F)ccc2OC)cc1. The molecule has 2 aromatic rings. The molecule has 0 unspecified atom stereocenters. The lowest BCUT2D eigenvalue weighted by Crippen LogP contribution is -2.13. The van der Waals surface area contributed by atoms with Gasteiger partial charge in [-0.1, -0.05) is 0 Å². The summed E-state index contributed by atoms with van der Waals surface area (Å²) < 4.78 is 23.2. The van der Waals surface area contributed by atoms with E-state index in [9.17, 15) is 14.0 Å². The Kier molecular flexibility index (Phi) is 5.30. The van der Waals surface area contributed by atoms with Gasteiger partial charge in [-0.2, -0.15) is 0 Å². The van der Waals surface area contributed by atoms with Gasteiger partial charge in [0.1, 0.15) is 11.6 Å². The Morgan fingerprint density at radius 3 is 2.43 bits per heavy atom. The molecule has 2 aromatic carbocycles. The van der Waals surface area contributed by atoms with E-state index in [0.717, 1.165) is 6.07 Å². The van der Waals surface area contributed by atoms with E-state index in [2.05, 4.69) is 5.32 Å². The maximum absolute atomic E-state index is 13.3. The van der Waals surface area contributed by atoms with Gasteiger partial charge in [0.25, 0.3) is 5.91 Å². The molecule has 0 aliphatic rings. The van der Waals surface area contributed by atoms with Gasteiger partial charge in [0, 0.05) is 5.69 Å². The van der Waals surface area contributed by atoms with Gasteiger partial charge < -0.3 is 14.8 Å².